The van der Waals surface area contributed by atoms with Crippen LogP contribution in [0.1, 0.15) is 13.8 Å². The minimum atomic E-state index is -0.728. The van der Waals surface area contributed by atoms with E-state index in [4.69, 9.17) is 20.2 Å². The number of ether oxygens (including phenoxy) is 2. The average molecular weight is 428 g/mol. The van der Waals surface area contributed by atoms with E-state index in [1.165, 1.54) is 18.4 Å². The molecular weight excluding hydrogens is 402 g/mol. The predicted molar refractivity (Wildman–Crippen MR) is 113 cm³/mol. The Hall–Kier alpha value is -1.78. The van der Waals surface area contributed by atoms with E-state index < -0.39 is 6.04 Å². The Morgan fingerprint density at radius 1 is 1.36 bits per heavy atom. The van der Waals surface area contributed by atoms with Gasteiger partial charge in [-0.1, -0.05) is 6.07 Å². The number of nitrogens with one attached hydrogen (secondary N) is 1. The Bertz CT molecular complexity index is 780. The molecule has 1 fully saturated rings. The molecule has 2 aromatic rings. The number of morpholine rings is 1. The second kappa shape index (κ2) is 10.1. The fourth-order valence-corrected chi connectivity index (χ4v) is 3.72. The first kappa shape index (κ1) is 22.5. The Morgan fingerprint density at radius 3 is 2.75 bits per heavy atom. The zero-order chi connectivity index (χ0) is 19.4. The maximum Gasteiger partial charge on any atom is 0.245 e. The summed E-state index contributed by atoms with van der Waals surface area (Å²) in [5, 5.41) is 5.07. The number of carbonyl (C=O) groups is 1. The van der Waals surface area contributed by atoms with E-state index in [1.54, 1.807) is 0 Å². The molecule has 0 aromatic carbocycles. The van der Waals surface area contributed by atoms with Crippen LogP contribution in [-0.2, 0) is 14.3 Å². The molecule has 3 heterocycles. The van der Waals surface area contributed by atoms with Gasteiger partial charge < -0.3 is 25.4 Å². The van der Waals surface area contributed by atoms with Gasteiger partial charge in [0, 0.05) is 25.6 Å². The first-order chi connectivity index (χ1) is 13.0. The third kappa shape index (κ3) is 5.62. The van der Waals surface area contributed by atoms with E-state index in [0.29, 0.717) is 10.8 Å². The zero-order valence-electron chi connectivity index (χ0n) is 16.1. The van der Waals surface area contributed by atoms with Crippen LogP contribution in [0.4, 0.5) is 10.9 Å². The summed E-state index contributed by atoms with van der Waals surface area (Å²) in [5.74, 6) is 0.575. The van der Waals surface area contributed by atoms with Gasteiger partial charge in [0.05, 0.1) is 24.5 Å². The summed E-state index contributed by atoms with van der Waals surface area (Å²) in [4.78, 5) is 23.4. The summed E-state index contributed by atoms with van der Waals surface area (Å²) >= 11 is 1.34. The molecule has 1 aliphatic rings. The number of aromatic nitrogens is 2. The predicted octanol–water partition coefficient (Wildman–Crippen LogP) is 2.15. The maximum absolute atomic E-state index is 12.0. The number of nitrogens with two attached hydrogens (primary N) is 1. The average Bonchev–Trinajstić information content (AvgIpc) is 3.10. The van der Waals surface area contributed by atoms with Gasteiger partial charge in [-0.15, -0.1) is 23.7 Å². The minimum Gasteiger partial charge on any atom is -0.383 e. The third-order valence-corrected chi connectivity index (χ3v) is 4.92. The number of anilines is 2. The summed E-state index contributed by atoms with van der Waals surface area (Å²) in [6.45, 7) is 5.89. The number of rotatable bonds is 6. The van der Waals surface area contributed by atoms with Crippen molar-refractivity contribution in [3.63, 3.8) is 0 Å². The highest BCUT2D eigenvalue weighted by molar-refractivity contribution is 7.14. The molecule has 3 atom stereocenters. The van der Waals surface area contributed by atoms with Crippen LogP contribution in [0.15, 0.2) is 23.6 Å². The molecule has 154 valence electrons. The van der Waals surface area contributed by atoms with Gasteiger partial charge in [-0.2, -0.15) is 0 Å². The first-order valence-electron chi connectivity index (χ1n) is 8.85. The van der Waals surface area contributed by atoms with Gasteiger partial charge in [0.15, 0.2) is 5.13 Å². The van der Waals surface area contributed by atoms with Gasteiger partial charge in [-0.25, -0.2) is 9.97 Å². The highest BCUT2D eigenvalue weighted by Gasteiger charge is 2.23. The second-order valence-electron chi connectivity index (χ2n) is 6.63. The van der Waals surface area contributed by atoms with Gasteiger partial charge in [-0.05, 0) is 26.0 Å². The maximum atomic E-state index is 12.0. The summed E-state index contributed by atoms with van der Waals surface area (Å²) < 4.78 is 10.7. The van der Waals surface area contributed by atoms with E-state index in [2.05, 4.69) is 29.0 Å². The zero-order valence-corrected chi connectivity index (χ0v) is 17.8. The second-order valence-corrected chi connectivity index (χ2v) is 7.49. The molecule has 0 radical (unpaired) electrons. The number of carbonyl (C=O) groups excluding carboxylic acids is 1. The lowest BCUT2D eigenvalue weighted by molar-refractivity contribution is -0.118. The van der Waals surface area contributed by atoms with Crippen molar-refractivity contribution in [2.24, 2.45) is 5.73 Å². The molecule has 0 spiro atoms. The first-order valence-corrected chi connectivity index (χ1v) is 9.73. The fraction of sp³-hybridized carbons (Fsp3) is 0.500. The van der Waals surface area contributed by atoms with Gasteiger partial charge in [0.1, 0.15) is 17.6 Å². The molecule has 8 nitrogen and oxygen atoms in total. The van der Waals surface area contributed by atoms with E-state index in [-0.39, 0.29) is 37.1 Å². The van der Waals surface area contributed by atoms with Crippen molar-refractivity contribution < 1.29 is 14.3 Å². The lowest BCUT2D eigenvalue weighted by Gasteiger charge is -2.36. The van der Waals surface area contributed by atoms with Crippen LogP contribution in [0.3, 0.4) is 0 Å². The van der Waals surface area contributed by atoms with Crippen molar-refractivity contribution >= 4 is 40.6 Å². The number of amides is 1. The number of nitrogens with zero attached hydrogens (tertiary/aromatic N) is 3. The van der Waals surface area contributed by atoms with Crippen molar-refractivity contribution in [2.45, 2.75) is 32.1 Å². The number of hydrogen-bond acceptors (Lipinski definition) is 8. The summed E-state index contributed by atoms with van der Waals surface area (Å²) in [5.41, 5.74) is 7.21. The van der Waals surface area contributed by atoms with Crippen LogP contribution in [0.25, 0.3) is 11.4 Å². The number of methoxy groups -OCH3 is 1. The van der Waals surface area contributed by atoms with E-state index in [0.717, 1.165) is 24.6 Å². The Kier molecular flexibility index (Phi) is 8.14. The third-order valence-electron chi connectivity index (χ3n) is 4.16. The van der Waals surface area contributed by atoms with Crippen molar-refractivity contribution in [1.82, 2.24) is 9.97 Å². The van der Waals surface area contributed by atoms with Crippen LogP contribution in [0, 0.1) is 0 Å². The van der Waals surface area contributed by atoms with Crippen molar-refractivity contribution in [3.05, 3.63) is 23.6 Å². The number of hydrogen-bond donors (Lipinski definition) is 2. The number of pyridine rings is 1. The molecule has 1 saturated heterocycles. The van der Waals surface area contributed by atoms with E-state index >= 15 is 0 Å². The molecule has 2 aromatic heterocycles. The summed E-state index contributed by atoms with van der Waals surface area (Å²) in [6.07, 6.45) is 0.327. The minimum absolute atomic E-state index is 0. The highest BCUT2D eigenvalue weighted by atomic mass is 35.5. The lowest BCUT2D eigenvalue weighted by atomic mass is 10.2. The molecular formula is C18H26ClN5O3S. The SMILES string of the molecule is COC[C@H](N)C(=O)Nc1nc(-c2cccc(N3C[C@@H](C)O[C@@H](C)C3)n2)cs1.Cl. The van der Waals surface area contributed by atoms with Crippen molar-refractivity contribution in [2.75, 3.05) is 37.0 Å². The largest absolute Gasteiger partial charge is 0.383 e. The van der Waals surface area contributed by atoms with Gasteiger partial charge >= 0.3 is 0 Å². The molecule has 1 aliphatic heterocycles. The molecule has 10 heteroatoms. The molecule has 1 amide bonds. The molecule has 0 saturated carbocycles. The quantitative estimate of drug-likeness (QED) is 0.728. The van der Waals surface area contributed by atoms with E-state index in [1.807, 2.05) is 23.6 Å². The summed E-state index contributed by atoms with van der Waals surface area (Å²) in [7, 11) is 1.50. The van der Waals surface area contributed by atoms with Gasteiger partial charge in [0.2, 0.25) is 5.91 Å². The molecule has 0 aliphatic carbocycles. The van der Waals surface area contributed by atoms with E-state index in [9.17, 15) is 4.79 Å². The molecule has 3 N–H and O–H groups in total. The Balaban J connectivity index is 0.00000280. The fourth-order valence-electron chi connectivity index (χ4n) is 3.01. The lowest BCUT2D eigenvalue weighted by Crippen LogP contribution is -2.45. The van der Waals surface area contributed by atoms with Crippen molar-refractivity contribution in [1.29, 1.82) is 0 Å². The molecule has 28 heavy (non-hydrogen) atoms. The van der Waals surface area contributed by atoms with Gasteiger partial charge in [0.25, 0.3) is 0 Å². The Labute approximate surface area is 174 Å². The highest BCUT2D eigenvalue weighted by Crippen LogP contribution is 2.26. The van der Waals surface area contributed by atoms with Gasteiger partial charge in [-0.3, -0.25) is 4.79 Å². The molecule has 0 bridgehead atoms. The molecule has 3 rings (SSSR count). The number of thiazole rings is 1. The van der Waals surface area contributed by atoms with Crippen molar-refractivity contribution in [3.8, 4) is 11.4 Å². The standard InChI is InChI=1S/C18H25N5O3S.ClH/c1-11-7-23(8-12(2)26-11)16-6-4-5-14(20-16)15-10-27-18(21-15)22-17(24)13(19)9-25-3;/h4-6,10-13H,7-9,19H2,1-3H3,(H,21,22,24);1H/t11-,12+,13-;/m0./s1. The van der Waals surface area contributed by atoms with Crippen LogP contribution < -0.4 is 16.0 Å². The number of halogens is 1. The smallest absolute Gasteiger partial charge is 0.245 e. The van der Waals surface area contributed by atoms with Crippen LogP contribution in [0.5, 0.6) is 0 Å². The topological polar surface area (TPSA) is 103 Å². The Morgan fingerprint density at radius 2 is 2.07 bits per heavy atom. The van der Waals surface area contributed by atoms with Crippen LogP contribution >= 0.6 is 23.7 Å². The summed E-state index contributed by atoms with van der Waals surface area (Å²) in [6, 6.07) is 5.14. The van der Waals surface area contributed by atoms with Crippen LogP contribution in [-0.4, -0.2) is 60.9 Å². The molecule has 0 unspecified atom stereocenters. The van der Waals surface area contributed by atoms with Crippen LogP contribution in [0.2, 0.25) is 0 Å². The monoisotopic (exact) mass is 427 g/mol. The normalized spacial score (nSPS) is 20.4.